The second kappa shape index (κ2) is 13.8. The Kier molecular flexibility index (Phi) is 20.7. The molecule has 1 rings (SSSR count). The van der Waals surface area contributed by atoms with Crippen molar-refractivity contribution >= 4 is 12.6 Å². The van der Waals surface area contributed by atoms with Crippen LogP contribution in [0, 0.1) is 0 Å². The molecule has 78 valence electrons. The Balaban J connectivity index is -0.000000124. The molecular formula is C7H22N2O2S. The maximum atomic E-state index is 3.97. The van der Waals surface area contributed by atoms with Gasteiger partial charge in [0.1, 0.15) is 0 Å². The summed E-state index contributed by atoms with van der Waals surface area (Å²) in [6, 6.07) is 0. The van der Waals surface area contributed by atoms with Crippen molar-refractivity contribution in [3.05, 3.63) is 0 Å². The number of piperazine rings is 1. The van der Waals surface area contributed by atoms with Crippen molar-refractivity contribution in [1.29, 1.82) is 0 Å². The second-order valence-electron chi connectivity index (χ2n) is 2.59. The van der Waals surface area contributed by atoms with Crippen LogP contribution in [0.4, 0.5) is 0 Å². The molecule has 0 aromatic rings. The lowest BCUT2D eigenvalue weighted by Crippen LogP contribution is -2.39. The first-order valence-corrected chi connectivity index (χ1v) is 4.34. The van der Waals surface area contributed by atoms with Crippen molar-refractivity contribution in [1.82, 2.24) is 10.6 Å². The van der Waals surface area contributed by atoms with E-state index in [-0.39, 0.29) is 11.0 Å². The quantitative estimate of drug-likeness (QED) is 0.429. The van der Waals surface area contributed by atoms with Crippen LogP contribution in [0.2, 0.25) is 0 Å². The van der Waals surface area contributed by atoms with Gasteiger partial charge in [-0.1, -0.05) is 13.8 Å². The highest BCUT2D eigenvalue weighted by Crippen LogP contribution is 1.83. The molecule has 0 radical (unpaired) electrons. The fourth-order valence-corrected chi connectivity index (χ4v) is 0.604. The highest BCUT2D eigenvalue weighted by atomic mass is 32.1. The fraction of sp³-hybridized carbons (Fsp3) is 1.00. The molecule has 0 aromatic carbocycles. The van der Waals surface area contributed by atoms with E-state index in [2.05, 4.69) is 23.3 Å². The highest BCUT2D eigenvalue weighted by molar-refractivity contribution is 7.80. The summed E-state index contributed by atoms with van der Waals surface area (Å²) in [7, 11) is 0. The lowest BCUT2D eigenvalue weighted by atomic mass is 10.4. The summed E-state index contributed by atoms with van der Waals surface area (Å²) >= 11 is 3.97. The van der Waals surface area contributed by atoms with Gasteiger partial charge in [0.05, 0.1) is 0 Å². The zero-order valence-corrected chi connectivity index (χ0v) is 8.75. The summed E-state index contributed by atoms with van der Waals surface area (Å²) in [5, 5.41) is 6.97. The maximum Gasteiger partial charge on any atom is 0.00772 e. The molecule has 0 amide bonds. The number of hydrogen-bond donors (Lipinski definition) is 3. The van der Waals surface area contributed by atoms with Gasteiger partial charge in [0.2, 0.25) is 0 Å². The summed E-state index contributed by atoms with van der Waals surface area (Å²) in [5.74, 6) is 0. The first-order valence-electron chi connectivity index (χ1n) is 3.83. The van der Waals surface area contributed by atoms with Crippen LogP contribution in [0.25, 0.3) is 0 Å². The standard InChI is InChI=1S/C4H10N2.C3H8S.2H2O/c1-2-6-4-3-5-1;1-3(2)4;;/h5-6H,1-4H2;3-4H,1-2H3;2*1H2. The third-order valence-corrected chi connectivity index (χ3v) is 0.957. The molecule has 0 saturated carbocycles. The smallest absolute Gasteiger partial charge is 0.00772 e. The predicted molar refractivity (Wildman–Crippen MR) is 57.1 cm³/mol. The van der Waals surface area contributed by atoms with E-state index in [0.29, 0.717) is 5.25 Å². The lowest BCUT2D eigenvalue weighted by Gasteiger charge is -2.11. The molecular weight excluding hydrogens is 176 g/mol. The number of rotatable bonds is 0. The number of thiol groups is 1. The minimum atomic E-state index is 0. The molecule has 0 spiro atoms. The van der Waals surface area contributed by atoms with Crippen molar-refractivity contribution in [2.45, 2.75) is 19.1 Å². The van der Waals surface area contributed by atoms with Crippen molar-refractivity contribution in [2.75, 3.05) is 26.2 Å². The molecule has 5 heteroatoms. The van der Waals surface area contributed by atoms with E-state index in [9.17, 15) is 0 Å². The van der Waals surface area contributed by atoms with E-state index in [1.165, 1.54) is 0 Å². The van der Waals surface area contributed by atoms with Gasteiger partial charge in [-0.15, -0.1) is 0 Å². The summed E-state index contributed by atoms with van der Waals surface area (Å²) in [6.07, 6.45) is 0. The monoisotopic (exact) mass is 198 g/mol. The molecule has 0 aliphatic carbocycles. The van der Waals surface area contributed by atoms with Gasteiger partial charge < -0.3 is 21.6 Å². The molecule has 4 nitrogen and oxygen atoms in total. The lowest BCUT2D eigenvalue weighted by molar-refractivity contribution is 0.534. The first-order chi connectivity index (χ1) is 4.73. The maximum absolute atomic E-state index is 3.97. The average Bonchev–Trinajstić information content (AvgIpc) is 1.90. The van der Waals surface area contributed by atoms with E-state index < -0.39 is 0 Å². The molecule has 0 unspecified atom stereocenters. The summed E-state index contributed by atoms with van der Waals surface area (Å²) in [6.45, 7) is 8.62. The molecule has 1 aliphatic rings. The van der Waals surface area contributed by atoms with Crippen molar-refractivity contribution in [3.8, 4) is 0 Å². The van der Waals surface area contributed by atoms with E-state index >= 15 is 0 Å². The third-order valence-electron chi connectivity index (χ3n) is 0.957. The molecule has 1 fully saturated rings. The van der Waals surface area contributed by atoms with Gasteiger partial charge in [-0.2, -0.15) is 12.6 Å². The van der Waals surface area contributed by atoms with Gasteiger partial charge in [0.15, 0.2) is 0 Å². The minimum Gasteiger partial charge on any atom is -0.412 e. The normalized spacial score (nSPS) is 15.0. The first kappa shape index (κ1) is 18.1. The van der Waals surface area contributed by atoms with E-state index in [4.69, 9.17) is 0 Å². The van der Waals surface area contributed by atoms with Crippen LogP contribution in [-0.4, -0.2) is 42.4 Å². The molecule has 6 N–H and O–H groups in total. The highest BCUT2D eigenvalue weighted by Gasteiger charge is 1.91. The SMILES string of the molecule is C1CNCCN1.CC(C)S.O.O. The molecule has 12 heavy (non-hydrogen) atoms. The molecule has 1 heterocycles. The predicted octanol–water partition coefficient (Wildman–Crippen LogP) is -1.15. The zero-order chi connectivity index (χ0) is 7.82. The van der Waals surface area contributed by atoms with Crippen LogP contribution < -0.4 is 10.6 Å². The van der Waals surface area contributed by atoms with Crippen molar-refractivity contribution in [2.24, 2.45) is 0 Å². The molecule has 0 atom stereocenters. The largest absolute Gasteiger partial charge is 0.412 e. The zero-order valence-electron chi connectivity index (χ0n) is 7.85. The Labute approximate surface area is 80.1 Å². The fourth-order valence-electron chi connectivity index (χ4n) is 0.604. The van der Waals surface area contributed by atoms with E-state index in [1.54, 1.807) is 0 Å². The second-order valence-corrected chi connectivity index (χ2v) is 3.63. The van der Waals surface area contributed by atoms with Crippen LogP contribution in [0.5, 0.6) is 0 Å². The average molecular weight is 198 g/mol. The van der Waals surface area contributed by atoms with Crippen LogP contribution in [0.3, 0.4) is 0 Å². The summed E-state index contributed by atoms with van der Waals surface area (Å²) < 4.78 is 0. The van der Waals surface area contributed by atoms with Gasteiger partial charge >= 0.3 is 0 Å². The Hall–Kier alpha value is 0.190. The van der Waals surface area contributed by atoms with Gasteiger partial charge in [-0.25, -0.2) is 0 Å². The molecule has 0 aromatic heterocycles. The van der Waals surface area contributed by atoms with Crippen LogP contribution >= 0.6 is 12.6 Å². The van der Waals surface area contributed by atoms with E-state index in [1.807, 2.05) is 13.8 Å². The Morgan fingerprint density at radius 2 is 1.08 bits per heavy atom. The van der Waals surface area contributed by atoms with Crippen LogP contribution in [-0.2, 0) is 0 Å². The Bertz CT molecular complexity index is 56.2. The Morgan fingerprint density at radius 3 is 1.17 bits per heavy atom. The van der Waals surface area contributed by atoms with Gasteiger partial charge in [-0.3, -0.25) is 0 Å². The molecule has 0 bridgehead atoms. The van der Waals surface area contributed by atoms with Crippen LogP contribution in [0.15, 0.2) is 0 Å². The van der Waals surface area contributed by atoms with Gasteiger partial charge in [0, 0.05) is 26.2 Å². The van der Waals surface area contributed by atoms with Crippen LogP contribution in [0.1, 0.15) is 13.8 Å². The topological polar surface area (TPSA) is 87.1 Å². The molecule has 1 aliphatic heterocycles. The molecule has 1 saturated heterocycles. The minimum absolute atomic E-state index is 0. The van der Waals surface area contributed by atoms with Crippen molar-refractivity contribution < 1.29 is 11.0 Å². The van der Waals surface area contributed by atoms with Gasteiger partial charge in [0.25, 0.3) is 0 Å². The van der Waals surface area contributed by atoms with Gasteiger partial charge in [-0.05, 0) is 5.25 Å². The summed E-state index contributed by atoms with van der Waals surface area (Å²) in [4.78, 5) is 0. The van der Waals surface area contributed by atoms with Crippen molar-refractivity contribution in [3.63, 3.8) is 0 Å². The number of hydrogen-bond acceptors (Lipinski definition) is 3. The summed E-state index contributed by atoms with van der Waals surface area (Å²) in [5.41, 5.74) is 0. The van der Waals surface area contributed by atoms with E-state index in [0.717, 1.165) is 26.2 Å². The Morgan fingerprint density at radius 1 is 0.917 bits per heavy atom. The third kappa shape index (κ3) is 22.5. The number of nitrogens with one attached hydrogen (secondary N) is 2.